The van der Waals surface area contributed by atoms with Crippen LogP contribution in [-0.4, -0.2) is 52.1 Å². The predicted octanol–water partition coefficient (Wildman–Crippen LogP) is 1.78. The molecule has 2 heterocycles. The highest BCUT2D eigenvalue weighted by Gasteiger charge is 2.32. The van der Waals surface area contributed by atoms with E-state index in [1.165, 1.54) is 12.2 Å². The van der Waals surface area contributed by atoms with Gasteiger partial charge in [0.25, 0.3) is 0 Å². The van der Waals surface area contributed by atoms with Gasteiger partial charge in [-0.1, -0.05) is 0 Å². The molecule has 0 radical (unpaired) electrons. The van der Waals surface area contributed by atoms with E-state index in [1.807, 2.05) is 11.8 Å². The Bertz CT molecular complexity index is 356. The fourth-order valence-corrected chi connectivity index (χ4v) is 4.03. The smallest absolute Gasteiger partial charge is 0.317 e. The number of hydrogen-bond acceptors (Lipinski definition) is 3. The number of likely N-dealkylation sites (tertiary alicyclic amines) is 1. The highest BCUT2D eigenvalue weighted by molar-refractivity contribution is 8.00. The van der Waals surface area contributed by atoms with Crippen molar-refractivity contribution in [2.45, 2.75) is 37.4 Å². The number of carbonyl (C=O) groups excluding carboxylic acids is 1. The molecule has 0 aliphatic carbocycles. The number of hydrogen-bond donors (Lipinski definition) is 2. The van der Waals surface area contributed by atoms with Gasteiger partial charge in [0.05, 0.1) is 0 Å². The lowest BCUT2D eigenvalue weighted by Gasteiger charge is -2.25. The van der Waals surface area contributed by atoms with Crippen LogP contribution in [0.15, 0.2) is 0 Å². The average molecular weight is 286 g/mol. The molecular formula is C13H22N2O3S. The molecule has 2 atom stereocenters. The summed E-state index contributed by atoms with van der Waals surface area (Å²) < 4.78 is 0.176. The SMILES string of the molecule is CC1(CNC(=O)N2CCC(CC(=O)O)C2)CCCS1. The van der Waals surface area contributed by atoms with Gasteiger partial charge in [-0.25, -0.2) is 4.79 Å². The first-order chi connectivity index (χ1) is 8.98. The highest BCUT2D eigenvalue weighted by atomic mass is 32.2. The lowest BCUT2D eigenvalue weighted by Crippen LogP contribution is -2.44. The van der Waals surface area contributed by atoms with E-state index in [0.29, 0.717) is 19.6 Å². The summed E-state index contributed by atoms with van der Waals surface area (Å²) in [6.45, 7) is 4.15. The van der Waals surface area contributed by atoms with Crippen LogP contribution in [0, 0.1) is 5.92 Å². The standard InChI is InChI=1S/C13H22N2O3S/c1-13(4-2-6-19-13)9-14-12(18)15-5-3-10(8-15)7-11(16)17/h10H,2-9H2,1H3,(H,14,18)(H,16,17). The molecule has 0 aromatic carbocycles. The molecule has 2 aliphatic heterocycles. The van der Waals surface area contributed by atoms with Crippen LogP contribution in [0.25, 0.3) is 0 Å². The Morgan fingerprint density at radius 1 is 1.53 bits per heavy atom. The molecule has 108 valence electrons. The first kappa shape index (κ1) is 14.5. The lowest BCUT2D eigenvalue weighted by atomic mass is 10.1. The van der Waals surface area contributed by atoms with E-state index in [9.17, 15) is 9.59 Å². The van der Waals surface area contributed by atoms with Crippen LogP contribution < -0.4 is 5.32 Å². The number of urea groups is 1. The Morgan fingerprint density at radius 3 is 2.95 bits per heavy atom. The van der Waals surface area contributed by atoms with Crippen molar-refractivity contribution in [2.24, 2.45) is 5.92 Å². The Morgan fingerprint density at radius 2 is 2.32 bits per heavy atom. The van der Waals surface area contributed by atoms with Gasteiger partial charge in [-0.2, -0.15) is 11.8 Å². The van der Waals surface area contributed by atoms with Gasteiger partial charge in [-0.15, -0.1) is 0 Å². The van der Waals surface area contributed by atoms with Gasteiger partial charge in [0.15, 0.2) is 0 Å². The Hall–Kier alpha value is -0.910. The molecular weight excluding hydrogens is 264 g/mol. The van der Waals surface area contributed by atoms with Crippen LogP contribution in [0.4, 0.5) is 4.79 Å². The van der Waals surface area contributed by atoms with Crippen molar-refractivity contribution in [3.05, 3.63) is 0 Å². The van der Waals surface area contributed by atoms with Crippen molar-refractivity contribution in [2.75, 3.05) is 25.4 Å². The third-order valence-electron chi connectivity index (χ3n) is 3.95. The number of carboxylic acids is 1. The second-order valence-electron chi connectivity index (χ2n) is 5.76. The number of aliphatic carboxylic acids is 1. The van der Waals surface area contributed by atoms with Gasteiger partial charge >= 0.3 is 12.0 Å². The normalized spacial score (nSPS) is 30.6. The molecule has 6 heteroatoms. The highest BCUT2D eigenvalue weighted by Crippen LogP contribution is 2.37. The van der Waals surface area contributed by atoms with Crippen LogP contribution in [-0.2, 0) is 4.79 Å². The monoisotopic (exact) mass is 286 g/mol. The Kier molecular flexibility index (Phi) is 4.60. The number of amides is 2. The number of thioether (sulfide) groups is 1. The first-order valence-corrected chi connectivity index (χ1v) is 7.86. The number of nitrogens with one attached hydrogen (secondary N) is 1. The van der Waals surface area contributed by atoms with Crippen LogP contribution in [0.5, 0.6) is 0 Å². The van der Waals surface area contributed by atoms with E-state index in [4.69, 9.17) is 5.11 Å². The molecule has 2 amide bonds. The van der Waals surface area contributed by atoms with E-state index in [2.05, 4.69) is 12.2 Å². The first-order valence-electron chi connectivity index (χ1n) is 6.87. The zero-order valence-electron chi connectivity index (χ0n) is 11.4. The molecule has 0 aromatic heterocycles. The summed E-state index contributed by atoms with van der Waals surface area (Å²) in [6, 6.07) is -0.0402. The number of nitrogens with zero attached hydrogens (tertiary/aromatic N) is 1. The molecule has 0 aromatic rings. The van der Waals surface area contributed by atoms with Crippen LogP contribution in [0.3, 0.4) is 0 Å². The van der Waals surface area contributed by atoms with Crippen LogP contribution >= 0.6 is 11.8 Å². The molecule has 2 N–H and O–H groups in total. The third-order valence-corrected chi connectivity index (χ3v) is 5.49. The summed E-state index contributed by atoms with van der Waals surface area (Å²) in [4.78, 5) is 24.4. The maximum absolute atomic E-state index is 12.0. The molecule has 2 saturated heterocycles. The maximum Gasteiger partial charge on any atom is 0.317 e. The summed E-state index contributed by atoms with van der Waals surface area (Å²) in [7, 11) is 0. The fourth-order valence-electron chi connectivity index (χ4n) is 2.78. The van der Waals surface area contributed by atoms with Crippen molar-refractivity contribution in [1.29, 1.82) is 0 Å². The fraction of sp³-hybridized carbons (Fsp3) is 0.846. The van der Waals surface area contributed by atoms with E-state index in [1.54, 1.807) is 4.90 Å². The third kappa shape index (κ3) is 4.03. The van der Waals surface area contributed by atoms with Gasteiger partial charge in [0.2, 0.25) is 0 Å². The maximum atomic E-state index is 12.0. The summed E-state index contributed by atoms with van der Waals surface area (Å²) in [5.74, 6) is 0.512. The minimum atomic E-state index is -0.776. The minimum absolute atomic E-state index is 0.0402. The summed E-state index contributed by atoms with van der Waals surface area (Å²) in [5.41, 5.74) is 0. The van der Waals surface area contributed by atoms with E-state index in [0.717, 1.165) is 12.8 Å². The summed E-state index contributed by atoms with van der Waals surface area (Å²) >= 11 is 1.93. The summed E-state index contributed by atoms with van der Waals surface area (Å²) in [5, 5.41) is 11.8. The zero-order valence-corrected chi connectivity index (χ0v) is 12.2. The minimum Gasteiger partial charge on any atom is -0.481 e. The quantitative estimate of drug-likeness (QED) is 0.826. The molecule has 5 nitrogen and oxygen atoms in total. The van der Waals surface area contributed by atoms with Gasteiger partial charge in [-0.05, 0) is 37.9 Å². The summed E-state index contributed by atoms with van der Waals surface area (Å²) in [6.07, 6.45) is 3.34. The average Bonchev–Trinajstić information content (AvgIpc) is 2.95. The van der Waals surface area contributed by atoms with Crippen LogP contribution in [0.1, 0.15) is 32.6 Å². The molecule has 2 aliphatic rings. The number of carbonyl (C=O) groups is 2. The second kappa shape index (κ2) is 6.03. The van der Waals surface area contributed by atoms with Crippen molar-refractivity contribution in [3.8, 4) is 0 Å². The van der Waals surface area contributed by atoms with Crippen molar-refractivity contribution < 1.29 is 14.7 Å². The van der Waals surface area contributed by atoms with Gasteiger partial charge in [0.1, 0.15) is 0 Å². The molecule has 0 saturated carbocycles. The Labute approximate surface area is 118 Å². The van der Waals surface area contributed by atoms with E-state index < -0.39 is 5.97 Å². The second-order valence-corrected chi connectivity index (χ2v) is 7.44. The van der Waals surface area contributed by atoms with Crippen molar-refractivity contribution in [3.63, 3.8) is 0 Å². The van der Waals surface area contributed by atoms with Crippen molar-refractivity contribution >= 4 is 23.8 Å². The van der Waals surface area contributed by atoms with Gasteiger partial charge in [0, 0.05) is 30.8 Å². The molecule has 2 unspecified atom stereocenters. The van der Waals surface area contributed by atoms with Gasteiger partial charge < -0.3 is 15.3 Å². The molecule has 2 rings (SSSR count). The van der Waals surface area contributed by atoms with E-state index >= 15 is 0 Å². The number of rotatable bonds is 4. The molecule has 2 fully saturated rings. The largest absolute Gasteiger partial charge is 0.481 e. The van der Waals surface area contributed by atoms with Crippen molar-refractivity contribution in [1.82, 2.24) is 10.2 Å². The Balaban J connectivity index is 1.73. The lowest BCUT2D eigenvalue weighted by molar-refractivity contribution is -0.138. The van der Waals surface area contributed by atoms with Crippen LogP contribution in [0.2, 0.25) is 0 Å². The predicted molar refractivity (Wildman–Crippen MR) is 75.4 cm³/mol. The molecule has 0 spiro atoms. The topological polar surface area (TPSA) is 69.6 Å². The van der Waals surface area contributed by atoms with E-state index in [-0.39, 0.29) is 23.1 Å². The van der Waals surface area contributed by atoms with Gasteiger partial charge in [-0.3, -0.25) is 4.79 Å². The molecule has 0 bridgehead atoms. The molecule has 19 heavy (non-hydrogen) atoms. The number of carboxylic acid groups (broad SMARTS) is 1. The zero-order chi connectivity index (χ0) is 13.9.